The highest BCUT2D eigenvalue weighted by Gasteiger charge is 2.17. The van der Waals surface area contributed by atoms with E-state index in [0.717, 1.165) is 56.0 Å². The molecule has 4 aromatic carbocycles. The van der Waals surface area contributed by atoms with E-state index in [9.17, 15) is 10.0 Å². The monoisotopic (exact) mass is 458 g/mol. The minimum absolute atomic E-state index is 0.454. The van der Waals surface area contributed by atoms with Crippen molar-refractivity contribution in [2.24, 2.45) is 14.1 Å². The van der Waals surface area contributed by atoms with Crippen molar-refractivity contribution < 1.29 is 10.0 Å². The van der Waals surface area contributed by atoms with Crippen molar-refractivity contribution in [2.75, 3.05) is 0 Å². The fourth-order valence-electron chi connectivity index (χ4n) is 4.71. The van der Waals surface area contributed by atoms with E-state index in [2.05, 4.69) is 39.5 Å². The Hall–Kier alpha value is -4.20. The molecule has 0 unspecified atom stereocenters. The number of benzene rings is 4. The highest BCUT2D eigenvalue weighted by Crippen LogP contribution is 2.34. The number of fused-ring (bicyclic) bond motifs is 2. The summed E-state index contributed by atoms with van der Waals surface area (Å²) in [7, 11) is 2.57. The van der Waals surface area contributed by atoms with E-state index in [-0.39, 0.29) is 0 Å². The van der Waals surface area contributed by atoms with Crippen LogP contribution >= 0.6 is 0 Å². The molecule has 0 aliphatic rings. The molecule has 6 rings (SSSR count). The van der Waals surface area contributed by atoms with Crippen LogP contribution in [0, 0.1) is 0 Å². The highest BCUT2D eigenvalue weighted by atomic mass is 16.4. The Labute approximate surface area is 202 Å². The minimum atomic E-state index is -1.49. The van der Waals surface area contributed by atoms with E-state index in [0.29, 0.717) is 5.46 Å². The molecule has 6 aromatic rings. The van der Waals surface area contributed by atoms with Crippen LogP contribution in [0.15, 0.2) is 91.0 Å². The van der Waals surface area contributed by atoms with Crippen LogP contribution in [0.4, 0.5) is 0 Å². The third-order valence-electron chi connectivity index (χ3n) is 6.57. The molecule has 0 saturated carbocycles. The van der Waals surface area contributed by atoms with Crippen LogP contribution in [0.3, 0.4) is 0 Å². The van der Waals surface area contributed by atoms with Crippen molar-refractivity contribution in [1.82, 2.24) is 19.1 Å². The molecule has 2 aromatic heterocycles. The normalized spacial score (nSPS) is 11.4. The fourth-order valence-corrected chi connectivity index (χ4v) is 4.71. The number of nitrogens with zero attached hydrogens (tertiary/aromatic N) is 4. The summed E-state index contributed by atoms with van der Waals surface area (Å²) in [6.45, 7) is 0. The number of imidazole rings is 2. The van der Waals surface area contributed by atoms with Gasteiger partial charge in [0.15, 0.2) is 0 Å². The minimum Gasteiger partial charge on any atom is -0.423 e. The predicted octanol–water partition coefficient (Wildman–Crippen LogP) is 4.14. The van der Waals surface area contributed by atoms with Gasteiger partial charge in [0, 0.05) is 25.2 Å². The van der Waals surface area contributed by atoms with Crippen LogP contribution in [-0.2, 0) is 14.1 Å². The van der Waals surface area contributed by atoms with Crippen LogP contribution in [-0.4, -0.2) is 36.3 Å². The molecule has 0 atom stereocenters. The zero-order chi connectivity index (χ0) is 24.1. The lowest BCUT2D eigenvalue weighted by atomic mass is 9.80. The molecule has 2 N–H and O–H groups in total. The molecule has 0 bridgehead atoms. The summed E-state index contributed by atoms with van der Waals surface area (Å²) in [5.74, 6) is 1.74. The summed E-state index contributed by atoms with van der Waals surface area (Å²) in [4.78, 5) is 9.85. The summed E-state index contributed by atoms with van der Waals surface area (Å²) < 4.78 is 4.22. The van der Waals surface area contributed by atoms with Crippen molar-refractivity contribution in [1.29, 1.82) is 0 Å². The van der Waals surface area contributed by atoms with Crippen molar-refractivity contribution in [3.8, 4) is 33.9 Å². The second kappa shape index (κ2) is 8.23. The Morgan fingerprint density at radius 2 is 1.03 bits per heavy atom. The van der Waals surface area contributed by atoms with E-state index in [1.54, 1.807) is 12.1 Å². The first-order valence-corrected chi connectivity index (χ1v) is 11.4. The van der Waals surface area contributed by atoms with Gasteiger partial charge in [0.25, 0.3) is 0 Å². The molecule has 0 fully saturated rings. The van der Waals surface area contributed by atoms with Gasteiger partial charge in [-0.1, -0.05) is 48.5 Å². The molecule has 2 heterocycles. The van der Waals surface area contributed by atoms with E-state index < -0.39 is 7.12 Å². The van der Waals surface area contributed by atoms with Crippen LogP contribution in [0.2, 0.25) is 0 Å². The molecule has 7 heteroatoms. The number of hydrogen-bond donors (Lipinski definition) is 2. The number of aromatic nitrogens is 4. The smallest absolute Gasteiger partial charge is 0.423 e. The lowest BCUT2D eigenvalue weighted by Crippen LogP contribution is -2.29. The van der Waals surface area contributed by atoms with Crippen LogP contribution < -0.4 is 5.46 Å². The summed E-state index contributed by atoms with van der Waals surface area (Å²) >= 11 is 0. The second-order valence-electron chi connectivity index (χ2n) is 8.76. The molecule has 0 spiro atoms. The molecular formula is C28H23BN4O2. The fraction of sp³-hybridized carbons (Fsp3) is 0.0714. The largest absolute Gasteiger partial charge is 0.488 e. The van der Waals surface area contributed by atoms with Crippen LogP contribution in [0.5, 0.6) is 0 Å². The number of rotatable bonds is 4. The highest BCUT2D eigenvalue weighted by molar-refractivity contribution is 6.58. The zero-order valence-electron chi connectivity index (χ0n) is 19.4. The van der Waals surface area contributed by atoms with Gasteiger partial charge in [-0.25, -0.2) is 9.97 Å². The van der Waals surface area contributed by atoms with E-state index in [1.165, 1.54) is 0 Å². The molecule has 170 valence electrons. The summed E-state index contributed by atoms with van der Waals surface area (Å²) in [5.41, 5.74) is 8.41. The summed E-state index contributed by atoms with van der Waals surface area (Å²) in [5, 5.41) is 19.0. The Kier molecular flexibility index (Phi) is 5.02. The third kappa shape index (κ3) is 3.62. The zero-order valence-corrected chi connectivity index (χ0v) is 19.4. The average molecular weight is 458 g/mol. The molecule has 6 nitrogen and oxygen atoms in total. The second-order valence-corrected chi connectivity index (χ2v) is 8.76. The quantitative estimate of drug-likeness (QED) is 0.390. The molecule has 0 aliphatic carbocycles. The molecule has 0 radical (unpaired) electrons. The number of hydrogen-bond acceptors (Lipinski definition) is 4. The van der Waals surface area contributed by atoms with E-state index in [4.69, 9.17) is 9.97 Å². The predicted molar refractivity (Wildman–Crippen MR) is 141 cm³/mol. The van der Waals surface area contributed by atoms with Gasteiger partial charge in [0.2, 0.25) is 0 Å². The Bertz CT molecular complexity index is 1600. The maximum absolute atomic E-state index is 9.50. The third-order valence-corrected chi connectivity index (χ3v) is 6.57. The van der Waals surface area contributed by atoms with E-state index >= 15 is 0 Å². The summed E-state index contributed by atoms with van der Waals surface area (Å²) in [6, 6.07) is 29.9. The Morgan fingerprint density at radius 1 is 0.571 bits per heavy atom. The first-order chi connectivity index (χ1) is 17.0. The molecule has 0 saturated heterocycles. The SMILES string of the molecule is Cn1c(-c2cc(-c3ccc(B(O)O)cc3)cc(-c3nc4ccccc4n3C)c2)nc2ccccc21. The standard InChI is InChI=1S/C28H23BN4O2/c1-32-25-9-5-3-7-23(25)30-27(32)20-15-19(18-11-13-22(14-12-18)29(34)35)16-21(17-20)28-31-24-8-4-6-10-26(24)33(28)2/h3-17,34-35H,1-2H3. The van der Waals surface area contributed by atoms with E-state index in [1.807, 2.05) is 62.6 Å². The molecule has 35 heavy (non-hydrogen) atoms. The van der Waals surface area contributed by atoms with Gasteiger partial charge in [-0.15, -0.1) is 0 Å². The van der Waals surface area contributed by atoms with Gasteiger partial charge >= 0.3 is 7.12 Å². The van der Waals surface area contributed by atoms with Crippen LogP contribution in [0.1, 0.15) is 0 Å². The first-order valence-electron chi connectivity index (χ1n) is 11.4. The number of para-hydroxylation sites is 4. The van der Waals surface area contributed by atoms with Crippen molar-refractivity contribution in [3.63, 3.8) is 0 Å². The number of aryl methyl sites for hydroxylation is 2. The average Bonchev–Trinajstić information content (AvgIpc) is 3.41. The summed E-state index contributed by atoms with van der Waals surface area (Å²) in [6.07, 6.45) is 0. The van der Waals surface area contributed by atoms with Crippen molar-refractivity contribution in [2.45, 2.75) is 0 Å². The molecular weight excluding hydrogens is 435 g/mol. The Morgan fingerprint density at radius 3 is 1.49 bits per heavy atom. The van der Waals surface area contributed by atoms with Gasteiger partial charge in [-0.3, -0.25) is 0 Å². The van der Waals surface area contributed by atoms with Gasteiger partial charge in [-0.05, 0) is 59.1 Å². The van der Waals surface area contributed by atoms with Gasteiger partial charge in [-0.2, -0.15) is 0 Å². The molecule has 0 amide bonds. The maximum atomic E-state index is 9.50. The van der Waals surface area contributed by atoms with Gasteiger partial charge < -0.3 is 19.2 Å². The van der Waals surface area contributed by atoms with Gasteiger partial charge in [0.1, 0.15) is 11.6 Å². The van der Waals surface area contributed by atoms with Crippen molar-refractivity contribution in [3.05, 3.63) is 91.0 Å². The van der Waals surface area contributed by atoms with Crippen molar-refractivity contribution >= 4 is 34.6 Å². The molecule has 0 aliphatic heterocycles. The lowest BCUT2D eigenvalue weighted by Gasteiger charge is -2.12. The first kappa shape index (κ1) is 21.3. The van der Waals surface area contributed by atoms with Crippen LogP contribution in [0.25, 0.3) is 56.0 Å². The topological polar surface area (TPSA) is 76.1 Å². The van der Waals surface area contributed by atoms with Gasteiger partial charge in [0.05, 0.1) is 22.1 Å². The Balaban J connectivity index is 1.59. The maximum Gasteiger partial charge on any atom is 0.488 e. The lowest BCUT2D eigenvalue weighted by molar-refractivity contribution is 0.426.